The number of rotatable bonds is 4. The van der Waals surface area contributed by atoms with Gasteiger partial charge >= 0.3 is 6.18 Å². The lowest BCUT2D eigenvalue weighted by atomic mass is 9.97. The number of alkyl halides is 3. The summed E-state index contributed by atoms with van der Waals surface area (Å²) in [4.78, 5) is 2.17. The zero-order valence-electron chi connectivity index (χ0n) is 10.9. The summed E-state index contributed by atoms with van der Waals surface area (Å²) < 4.78 is 37.2. The summed E-state index contributed by atoms with van der Waals surface area (Å²) in [7, 11) is 1.94. The van der Waals surface area contributed by atoms with Crippen LogP contribution in [0.15, 0.2) is 6.07 Å². The van der Waals surface area contributed by atoms with Gasteiger partial charge in [0.15, 0.2) is 5.69 Å². The molecule has 0 aromatic carbocycles. The van der Waals surface area contributed by atoms with Crippen LogP contribution in [0.1, 0.15) is 24.2 Å². The number of likely N-dealkylation sites (tertiary alicyclic amines) is 1. The summed E-state index contributed by atoms with van der Waals surface area (Å²) in [5, 5.41) is 8.94. The zero-order valence-corrected chi connectivity index (χ0v) is 10.9. The molecular formula is C12H19F3N4. The lowest BCUT2D eigenvalue weighted by molar-refractivity contribution is -0.141. The molecule has 1 aromatic heterocycles. The smallest absolute Gasteiger partial charge is 0.319 e. The third-order valence-corrected chi connectivity index (χ3v) is 3.52. The van der Waals surface area contributed by atoms with Crippen LogP contribution in [-0.2, 0) is 12.7 Å². The monoisotopic (exact) mass is 276 g/mol. The molecule has 4 nitrogen and oxygen atoms in total. The third-order valence-electron chi connectivity index (χ3n) is 3.52. The molecule has 0 spiro atoms. The number of hydrogen-bond donors (Lipinski definition) is 2. The Morgan fingerprint density at radius 3 is 2.63 bits per heavy atom. The largest absolute Gasteiger partial charge is 0.435 e. The zero-order chi connectivity index (χ0) is 13.9. The first-order valence-corrected chi connectivity index (χ1v) is 6.47. The van der Waals surface area contributed by atoms with Crippen LogP contribution in [0.4, 0.5) is 13.2 Å². The highest BCUT2D eigenvalue weighted by atomic mass is 19.4. The fourth-order valence-corrected chi connectivity index (χ4v) is 2.47. The van der Waals surface area contributed by atoms with Gasteiger partial charge in [-0.05, 0) is 51.5 Å². The quantitative estimate of drug-likeness (QED) is 0.882. The van der Waals surface area contributed by atoms with E-state index < -0.39 is 11.9 Å². The van der Waals surface area contributed by atoms with E-state index in [0.29, 0.717) is 18.2 Å². The maximum Gasteiger partial charge on any atom is 0.435 e. The average Bonchev–Trinajstić information content (AvgIpc) is 2.80. The van der Waals surface area contributed by atoms with Gasteiger partial charge in [0, 0.05) is 12.2 Å². The lowest BCUT2D eigenvalue weighted by Gasteiger charge is -2.31. The van der Waals surface area contributed by atoms with E-state index in [1.54, 1.807) is 0 Å². The summed E-state index contributed by atoms with van der Waals surface area (Å²) in [6.45, 7) is 3.37. The number of hydrogen-bond acceptors (Lipinski definition) is 3. The standard InChI is InChI=1S/C12H19F3N4/c1-16-7-9-2-4-19(5-3-9)8-10-6-11(18-17-10)12(13,14)15/h6,9,16H,2-5,7-8H2,1H3,(H,17,18). The molecule has 1 aliphatic rings. The summed E-state index contributed by atoms with van der Waals surface area (Å²) in [5.74, 6) is 0.675. The SMILES string of the molecule is CNCC1CCN(Cc2cc(C(F)(F)F)n[nH]2)CC1. The van der Waals surface area contributed by atoms with Gasteiger partial charge in [0.2, 0.25) is 0 Å². The van der Waals surface area contributed by atoms with Crippen LogP contribution in [0.25, 0.3) is 0 Å². The second kappa shape index (κ2) is 5.92. The van der Waals surface area contributed by atoms with Crippen molar-refractivity contribution in [1.82, 2.24) is 20.4 Å². The molecule has 108 valence electrons. The number of aromatic amines is 1. The predicted octanol–water partition coefficient (Wildman–Crippen LogP) is 1.86. The molecule has 2 heterocycles. The Balaban J connectivity index is 1.84. The second-order valence-corrected chi connectivity index (χ2v) is 5.05. The van der Waals surface area contributed by atoms with Gasteiger partial charge in [-0.2, -0.15) is 18.3 Å². The molecule has 0 unspecified atom stereocenters. The second-order valence-electron chi connectivity index (χ2n) is 5.05. The fourth-order valence-electron chi connectivity index (χ4n) is 2.47. The number of piperidine rings is 1. The molecule has 1 aromatic rings. The normalized spacial score (nSPS) is 18.9. The van der Waals surface area contributed by atoms with Crippen LogP contribution in [0.5, 0.6) is 0 Å². The van der Waals surface area contributed by atoms with Crippen molar-refractivity contribution in [2.75, 3.05) is 26.7 Å². The van der Waals surface area contributed by atoms with Gasteiger partial charge in [0.05, 0.1) is 0 Å². The van der Waals surface area contributed by atoms with Crippen molar-refractivity contribution in [3.8, 4) is 0 Å². The maximum absolute atomic E-state index is 12.4. The molecule has 0 atom stereocenters. The van der Waals surface area contributed by atoms with Crippen molar-refractivity contribution in [2.45, 2.75) is 25.6 Å². The molecule has 19 heavy (non-hydrogen) atoms. The van der Waals surface area contributed by atoms with E-state index in [1.807, 2.05) is 7.05 Å². The van der Waals surface area contributed by atoms with Crippen LogP contribution in [0.3, 0.4) is 0 Å². The van der Waals surface area contributed by atoms with E-state index in [1.165, 1.54) is 0 Å². The van der Waals surface area contributed by atoms with Gasteiger partial charge < -0.3 is 5.32 Å². The molecule has 0 amide bonds. The van der Waals surface area contributed by atoms with Crippen LogP contribution in [0, 0.1) is 5.92 Å². The number of nitrogens with zero attached hydrogens (tertiary/aromatic N) is 2. The highest BCUT2D eigenvalue weighted by molar-refractivity contribution is 5.11. The Kier molecular flexibility index (Phi) is 4.46. The van der Waals surface area contributed by atoms with Crippen molar-refractivity contribution >= 4 is 0 Å². The Morgan fingerprint density at radius 2 is 2.11 bits per heavy atom. The molecule has 2 N–H and O–H groups in total. The van der Waals surface area contributed by atoms with Crippen molar-refractivity contribution in [3.63, 3.8) is 0 Å². The molecule has 1 saturated heterocycles. The molecular weight excluding hydrogens is 257 g/mol. The first-order valence-electron chi connectivity index (χ1n) is 6.47. The van der Waals surface area contributed by atoms with E-state index in [-0.39, 0.29) is 0 Å². The van der Waals surface area contributed by atoms with Gasteiger partial charge in [-0.1, -0.05) is 0 Å². The molecule has 7 heteroatoms. The third kappa shape index (κ3) is 3.94. The van der Waals surface area contributed by atoms with Crippen LogP contribution in [0.2, 0.25) is 0 Å². The van der Waals surface area contributed by atoms with Crippen LogP contribution in [-0.4, -0.2) is 41.8 Å². The summed E-state index contributed by atoms with van der Waals surface area (Å²) >= 11 is 0. The molecule has 0 saturated carbocycles. The van der Waals surface area contributed by atoms with E-state index in [2.05, 4.69) is 20.4 Å². The van der Waals surface area contributed by atoms with Crippen LogP contribution >= 0.6 is 0 Å². The van der Waals surface area contributed by atoms with Gasteiger partial charge in [-0.3, -0.25) is 10.00 Å². The topological polar surface area (TPSA) is 44.0 Å². The number of aromatic nitrogens is 2. The Bertz CT molecular complexity index is 394. The van der Waals surface area contributed by atoms with E-state index in [0.717, 1.165) is 38.5 Å². The fraction of sp³-hybridized carbons (Fsp3) is 0.750. The highest BCUT2D eigenvalue weighted by Gasteiger charge is 2.34. The molecule has 0 radical (unpaired) electrons. The van der Waals surface area contributed by atoms with Crippen molar-refractivity contribution < 1.29 is 13.2 Å². The number of halogens is 3. The molecule has 0 bridgehead atoms. The van der Waals surface area contributed by atoms with E-state index in [4.69, 9.17) is 0 Å². The van der Waals surface area contributed by atoms with Crippen molar-refractivity contribution in [2.24, 2.45) is 5.92 Å². The first kappa shape index (κ1) is 14.3. The minimum Gasteiger partial charge on any atom is -0.319 e. The Morgan fingerprint density at radius 1 is 1.42 bits per heavy atom. The predicted molar refractivity (Wildman–Crippen MR) is 65.5 cm³/mol. The van der Waals surface area contributed by atoms with E-state index in [9.17, 15) is 13.2 Å². The van der Waals surface area contributed by atoms with Crippen molar-refractivity contribution in [1.29, 1.82) is 0 Å². The first-order chi connectivity index (χ1) is 8.99. The maximum atomic E-state index is 12.4. The Labute approximate surface area is 110 Å². The van der Waals surface area contributed by atoms with Gasteiger partial charge in [-0.25, -0.2) is 0 Å². The lowest BCUT2D eigenvalue weighted by Crippen LogP contribution is -2.36. The molecule has 1 aliphatic heterocycles. The van der Waals surface area contributed by atoms with Gasteiger partial charge in [-0.15, -0.1) is 0 Å². The summed E-state index contributed by atoms with van der Waals surface area (Å²) in [6, 6.07) is 1.10. The summed E-state index contributed by atoms with van der Waals surface area (Å²) in [5.41, 5.74) is -0.313. The van der Waals surface area contributed by atoms with Gasteiger partial charge in [0.1, 0.15) is 0 Å². The minimum atomic E-state index is -4.37. The molecule has 2 rings (SSSR count). The van der Waals surface area contributed by atoms with Gasteiger partial charge in [0.25, 0.3) is 0 Å². The average molecular weight is 276 g/mol. The summed E-state index contributed by atoms with van der Waals surface area (Å²) in [6.07, 6.45) is -2.20. The minimum absolute atomic E-state index is 0.509. The number of H-pyrrole nitrogens is 1. The molecule has 1 fully saturated rings. The van der Waals surface area contributed by atoms with Crippen LogP contribution < -0.4 is 5.32 Å². The van der Waals surface area contributed by atoms with Crippen molar-refractivity contribution in [3.05, 3.63) is 17.5 Å². The highest BCUT2D eigenvalue weighted by Crippen LogP contribution is 2.28. The molecule has 0 aliphatic carbocycles. The Hall–Kier alpha value is -1.08. The van der Waals surface area contributed by atoms with E-state index >= 15 is 0 Å². The number of nitrogens with one attached hydrogen (secondary N) is 2.